The highest BCUT2D eigenvalue weighted by atomic mass is 35.5. The average Bonchev–Trinajstić information content (AvgIpc) is 2.22. The molecule has 0 spiro atoms. The topological polar surface area (TPSA) is 20.3 Å². The molecule has 0 heterocycles. The Kier molecular flexibility index (Phi) is 5.48. The van der Waals surface area contributed by atoms with Crippen LogP contribution < -0.4 is 0 Å². The van der Waals surface area contributed by atoms with Gasteiger partial charge in [0.15, 0.2) is 0 Å². The normalized spacial score (nSPS) is 11.1. The third-order valence-electron chi connectivity index (χ3n) is 2.79. The molecule has 0 saturated heterocycles. The van der Waals surface area contributed by atoms with Crippen LogP contribution >= 0.6 is 23.2 Å². The van der Waals surface area contributed by atoms with Gasteiger partial charge in [0.25, 0.3) is 0 Å². The second-order valence-electron chi connectivity index (χ2n) is 4.87. The van der Waals surface area contributed by atoms with E-state index in [0.717, 1.165) is 0 Å². The van der Waals surface area contributed by atoms with Crippen LogP contribution in [0.2, 0.25) is 10.0 Å². The molecule has 0 radical (unpaired) electrons. The Bertz CT molecular complexity index is 402. The summed E-state index contributed by atoms with van der Waals surface area (Å²) in [6.07, 6.45) is 0.245. The van der Waals surface area contributed by atoms with E-state index in [2.05, 4.69) is 0 Å². The maximum Gasteiger partial charge on any atom is 0.227 e. The van der Waals surface area contributed by atoms with Crippen LogP contribution in [0.1, 0.15) is 33.3 Å². The van der Waals surface area contributed by atoms with E-state index in [9.17, 15) is 4.79 Å². The molecule has 0 aliphatic rings. The Morgan fingerprint density at radius 1 is 1.11 bits per heavy atom. The SMILES string of the molecule is CC(C)N(C(=O)Cc1c(Cl)cccc1Cl)C(C)C. The van der Waals surface area contributed by atoms with Crippen molar-refractivity contribution in [2.24, 2.45) is 0 Å². The van der Waals surface area contributed by atoms with Gasteiger partial charge in [-0.3, -0.25) is 4.79 Å². The molecule has 100 valence electrons. The van der Waals surface area contributed by atoms with E-state index in [4.69, 9.17) is 23.2 Å². The van der Waals surface area contributed by atoms with Crippen LogP contribution in [0.3, 0.4) is 0 Å². The quantitative estimate of drug-likeness (QED) is 0.813. The minimum atomic E-state index is 0.0509. The molecule has 1 rings (SSSR count). The molecule has 0 aliphatic heterocycles. The number of halogens is 2. The zero-order valence-corrected chi connectivity index (χ0v) is 12.7. The lowest BCUT2D eigenvalue weighted by atomic mass is 10.1. The third-order valence-corrected chi connectivity index (χ3v) is 3.50. The molecule has 1 amide bonds. The fraction of sp³-hybridized carbons (Fsp3) is 0.500. The molecule has 1 aromatic carbocycles. The van der Waals surface area contributed by atoms with Gasteiger partial charge in [0.1, 0.15) is 0 Å². The van der Waals surface area contributed by atoms with Gasteiger partial charge < -0.3 is 4.90 Å². The first-order chi connectivity index (χ1) is 8.34. The molecular weight excluding hydrogens is 269 g/mol. The van der Waals surface area contributed by atoms with Gasteiger partial charge in [-0.15, -0.1) is 0 Å². The highest BCUT2D eigenvalue weighted by Gasteiger charge is 2.21. The summed E-state index contributed by atoms with van der Waals surface area (Å²) in [6.45, 7) is 8.02. The molecule has 0 aromatic heterocycles. The Morgan fingerprint density at radius 2 is 1.56 bits per heavy atom. The van der Waals surface area contributed by atoms with Crippen molar-refractivity contribution >= 4 is 29.1 Å². The second-order valence-corrected chi connectivity index (χ2v) is 5.68. The first kappa shape index (κ1) is 15.3. The van der Waals surface area contributed by atoms with E-state index >= 15 is 0 Å². The third kappa shape index (κ3) is 3.63. The first-order valence-corrected chi connectivity index (χ1v) is 6.84. The summed E-state index contributed by atoms with van der Waals surface area (Å²) in [5.41, 5.74) is 0.706. The van der Waals surface area contributed by atoms with Gasteiger partial charge in [0.05, 0.1) is 6.42 Å². The summed E-state index contributed by atoms with van der Waals surface area (Å²) in [6, 6.07) is 5.62. The highest BCUT2D eigenvalue weighted by molar-refractivity contribution is 6.36. The Morgan fingerprint density at radius 3 is 1.94 bits per heavy atom. The number of carbonyl (C=O) groups excluding carboxylic acids is 1. The summed E-state index contributed by atoms with van der Waals surface area (Å²) in [5, 5.41) is 1.09. The smallest absolute Gasteiger partial charge is 0.227 e. The molecule has 4 heteroatoms. The van der Waals surface area contributed by atoms with Crippen molar-refractivity contribution in [3.05, 3.63) is 33.8 Å². The van der Waals surface area contributed by atoms with Crippen LogP contribution in [0.5, 0.6) is 0 Å². The number of hydrogen-bond donors (Lipinski definition) is 0. The standard InChI is InChI=1S/C14H19Cl2NO/c1-9(2)17(10(3)4)14(18)8-11-12(15)6-5-7-13(11)16/h5-7,9-10H,8H2,1-4H3. The number of hydrogen-bond acceptors (Lipinski definition) is 1. The predicted octanol–water partition coefficient (Wildman–Crippen LogP) is 4.18. The summed E-state index contributed by atoms with van der Waals surface area (Å²) in [5.74, 6) is 0.0509. The van der Waals surface area contributed by atoms with Gasteiger partial charge >= 0.3 is 0 Å². The Hall–Kier alpha value is -0.730. The van der Waals surface area contributed by atoms with E-state index in [-0.39, 0.29) is 24.4 Å². The fourth-order valence-electron chi connectivity index (χ4n) is 2.12. The van der Waals surface area contributed by atoms with Crippen LogP contribution in [-0.2, 0) is 11.2 Å². The zero-order valence-electron chi connectivity index (χ0n) is 11.2. The van der Waals surface area contributed by atoms with Crippen molar-refractivity contribution in [3.63, 3.8) is 0 Å². The molecule has 0 N–H and O–H groups in total. The van der Waals surface area contributed by atoms with Crippen molar-refractivity contribution in [2.45, 2.75) is 46.2 Å². The molecule has 1 aromatic rings. The molecule has 0 atom stereocenters. The molecule has 0 bridgehead atoms. The number of nitrogens with zero attached hydrogens (tertiary/aromatic N) is 1. The largest absolute Gasteiger partial charge is 0.338 e. The fourth-order valence-corrected chi connectivity index (χ4v) is 2.65. The molecule has 0 aliphatic carbocycles. The minimum Gasteiger partial charge on any atom is -0.338 e. The van der Waals surface area contributed by atoms with E-state index in [1.807, 2.05) is 32.6 Å². The maximum absolute atomic E-state index is 12.3. The lowest BCUT2D eigenvalue weighted by Gasteiger charge is -2.31. The Labute approximate surface area is 119 Å². The van der Waals surface area contributed by atoms with Crippen molar-refractivity contribution < 1.29 is 4.79 Å². The van der Waals surface area contributed by atoms with Crippen LogP contribution in [0, 0.1) is 0 Å². The lowest BCUT2D eigenvalue weighted by Crippen LogP contribution is -2.42. The van der Waals surface area contributed by atoms with Crippen LogP contribution in [0.15, 0.2) is 18.2 Å². The first-order valence-electron chi connectivity index (χ1n) is 6.08. The number of carbonyl (C=O) groups is 1. The van der Waals surface area contributed by atoms with Crippen LogP contribution in [0.4, 0.5) is 0 Å². The van der Waals surface area contributed by atoms with Crippen molar-refractivity contribution in [1.29, 1.82) is 0 Å². The summed E-state index contributed by atoms with van der Waals surface area (Å²) in [4.78, 5) is 14.2. The maximum atomic E-state index is 12.3. The highest BCUT2D eigenvalue weighted by Crippen LogP contribution is 2.25. The molecule has 0 unspecified atom stereocenters. The number of rotatable bonds is 4. The zero-order chi connectivity index (χ0) is 13.9. The van der Waals surface area contributed by atoms with Gasteiger partial charge in [-0.05, 0) is 45.4 Å². The summed E-state index contributed by atoms with van der Waals surface area (Å²) < 4.78 is 0. The van der Waals surface area contributed by atoms with Crippen molar-refractivity contribution in [1.82, 2.24) is 4.90 Å². The Balaban J connectivity index is 2.93. The minimum absolute atomic E-state index is 0.0509. The van der Waals surface area contributed by atoms with Crippen molar-refractivity contribution in [3.8, 4) is 0 Å². The average molecular weight is 288 g/mol. The van der Waals surface area contributed by atoms with Gasteiger partial charge in [0.2, 0.25) is 5.91 Å². The molecule has 0 fully saturated rings. The lowest BCUT2D eigenvalue weighted by molar-refractivity contribution is -0.134. The molecule has 2 nitrogen and oxygen atoms in total. The van der Waals surface area contributed by atoms with Crippen molar-refractivity contribution in [2.75, 3.05) is 0 Å². The number of amides is 1. The van der Waals surface area contributed by atoms with E-state index in [0.29, 0.717) is 15.6 Å². The van der Waals surface area contributed by atoms with Gasteiger partial charge in [-0.2, -0.15) is 0 Å². The van der Waals surface area contributed by atoms with Gasteiger partial charge in [-0.25, -0.2) is 0 Å². The van der Waals surface area contributed by atoms with E-state index in [1.54, 1.807) is 18.2 Å². The second kappa shape index (κ2) is 6.44. The van der Waals surface area contributed by atoms with Gasteiger partial charge in [0, 0.05) is 22.1 Å². The van der Waals surface area contributed by atoms with Crippen LogP contribution in [0.25, 0.3) is 0 Å². The van der Waals surface area contributed by atoms with E-state index in [1.165, 1.54) is 0 Å². The number of benzene rings is 1. The van der Waals surface area contributed by atoms with E-state index < -0.39 is 0 Å². The summed E-state index contributed by atoms with van der Waals surface area (Å²) >= 11 is 12.2. The monoisotopic (exact) mass is 287 g/mol. The molecular formula is C14H19Cl2NO. The van der Waals surface area contributed by atoms with Gasteiger partial charge in [-0.1, -0.05) is 29.3 Å². The molecule has 0 saturated carbocycles. The molecule has 18 heavy (non-hydrogen) atoms. The predicted molar refractivity (Wildman–Crippen MR) is 77.3 cm³/mol. The van der Waals surface area contributed by atoms with Crippen LogP contribution in [-0.4, -0.2) is 22.9 Å². The summed E-state index contributed by atoms with van der Waals surface area (Å²) in [7, 11) is 0.